The molecule has 0 saturated carbocycles. The Morgan fingerprint density at radius 1 is 1.00 bits per heavy atom. The summed E-state index contributed by atoms with van der Waals surface area (Å²) in [5.41, 5.74) is 3.22. The summed E-state index contributed by atoms with van der Waals surface area (Å²) in [5, 5.41) is 3.41. The molecule has 0 aliphatic carbocycles. The predicted octanol–water partition coefficient (Wildman–Crippen LogP) is 3.93. The van der Waals surface area contributed by atoms with Crippen LogP contribution in [0.4, 0.5) is 10.1 Å². The Morgan fingerprint density at radius 2 is 1.76 bits per heavy atom. The van der Waals surface area contributed by atoms with E-state index in [1.165, 1.54) is 11.6 Å². The molecule has 3 rings (SSSR count). The first-order valence-electron chi connectivity index (χ1n) is 5.93. The number of hydrogen-bond acceptors (Lipinski definition) is 1. The Morgan fingerprint density at radius 3 is 2.65 bits per heavy atom. The van der Waals surface area contributed by atoms with Crippen molar-refractivity contribution in [2.45, 2.75) is 18.9 Å². The Balaban J connectivity index is 1.92. The van der Waals surface area contributed by atoms with E-state index in [9.17, 15) is 4.39 Å². The molecule has 0 bridgehead atoms. The molecule has 0 radical (unpaired) electrons. The molecule has 1 heterocycles. The summed E-state index contributed by atoms with van der Waals surface area (Å²) in [5.74, 6) is -0.121. The summed E-state index contributed by atoms with van der Waals surface area (Å²) in [6, 6.07) is 15.3. The zero-order valence-electron chi connectivity index (χ0n) is 9.49. The van der Waals surface area contributed by atoms with Gasteiger partial charge in [0.2, 0.25) is 0 Å². The summed E-state index contributed by atoms with van der Waals surface area (Å²) in [4.78, 5) is 0. The van der Waals surface area contributed by atoms with Crippen LogP contribution in [-0.2, 0) is 6.42 Å². The molecule has 1 atom stereocenters. The van der Waals surface area contributed by atoms with Crippen molar-refractivity contribution in [3.05, 3.63) is 65.5 Å². The molecule has 1 nitrogen and oxygen atoms in total. The van der Waals surface area contributed by atoms with Gasteiger partial charge in [-0.25, -0.2) is 4.39 Å². The topological polar surface area (TPSA) is 12.0 Å². The van der Waals surface area contributed by atoms with Crippen molar-refractivity contribution < 1.29 is 4.39 Å². The van der Waals surface area contributed by atoms with E-state index in [-0.39, 0.29) is 11.9 Å². The average Bonchev–Trinajstić information content (AvgIpc) is 2.39. The fraction of sp³-hybridized carbons (Fsp3) is 0.200. The van der Waals surface area contributed by atoms with Crippen LogP contribution in [0.1, 0.15) is 23.6 Å². The third-order valence-corrected chi connectivity index (χ3v) is 3.33. The van der Waals surface area contributed by atoms with Gasteiger partial charge in [0, 0.05) is 11.3 Å². The summed E-state index contributed by atoms with van der Waals surface area (Å²) in [6.07, 6.45) is 1.94. The van der Waals surface area contributed by atoms with Crippen LogP contribution in [0.3, 0.4) is 0 Å². The molecule has 17 heavy (non-hydrogen) atoms. The first kappa shape index (κ1) is 10.3. The van der Waals surface area contributed by atoms with E-state index in [0.29, 0.717) is 0 Å². The van der Waals surface area contributed by atoms with Crippen LogP contribution in [0.15, 0.2) is 48.5 Å². The van der Waals surface area contributed by atoms with Crippen molar-refractivity contribution >= 4 is 5.69 Å². The monoisotopic (exact) mass is 227 g/mol. The maximum atomic E-state index is 13.7. The van der Waals surface area contributed by atoms with Crippen molar-refractivity contribution in [1.82, 2.24) is 0 Å². The van der Waals surface area contributed by atoms with Crippen LogP contribution in [0.2, 0.25) is 0 Å². The molecule has 1 unspecified atom stereocenters. The van der Waals surface area contributed by atoms with E-state index >= 15 is 0 Å². The molecule has 1 aliphatic rings. The van der Waals surface area contributed by atoms with Gasteiger partial charge in [-0.1, -0.05) is 36.4 Å². The van der Waals surface area contributed by atoms with E-state index in [4.69, 9.17) is 0 Å². The smallest absolute Gasteiger partial charge is 0.128 e. The van der Waals surface area contributed by atoms with Gasteiger partial charge in [0.15, 0.2) is 0 Å². The second-order valence-electron chi connectivity index (χ2n) is 4.41. The van der Waals surface area contributed by atoms with E-state index in [0.717, 1.165) is 24.1 Å². The molecule has 0 amide bonds. The summed E-state index contributed by atoms with van der Waals surface area (Å²) >= 11 is 0. The van der Waals surface area contributed by atoms with Crippen LogP contribution >= 0.6 is 0 Å². The Labute approximate surface area is 100 Å². The minimum Gasteiger partial charge on any atom is -0.378 e. The number of hydrogen-bond donors (Lipinski definition) is 1. The Hall–Kier alpha value is -1.83. The largest absolute Gasteiger partial charge is 0.378 e. The van der Waals surface area contributed by atoms with Crippen LogP contribution < -0.4 is 5.32 Å². The van der Waals surface area contributed by atoms with Gasteiger partial charge < -0.3 is 5.32 Å². The predicted molar refractivity (Wildman–Crippen MR) is 67.5 cm³/mol. The molecule has 86 valence electrons. The molecule has 2 aromatic rings. The quantitative estimate of drug-likeness (QED) is 0.778. The summed E-state index contributed by atoms with van der Waals surface area (Å²) < 4.78 is 13.7. The zero-order valence-corrected chi connectivity index (χ0v) is 9.49. The SMILES string of the molecule is Fc1ccccc1C1CCc2ccccc2N1. The lowest BCUT2D eigenvalue weighted by atomic mass is 9.93. The van der Waals surface area contributed by atoms with E-state index in [1.807, 2.05) is 24.3 Å². The fourth-order valence-corrected chi connectivity index (χ4v) is 2.43. The standard InChI is InChI=1S/C15H14FN/c16-13-7-3-2-6-12(13)15-10-9-11-5-1-4-8-14(11)17-15/h1-8,15,17H,9-10H2. The number of nitrogens with one attached hydrogen (secondary N) is 1. The number of fused-ring (bicyclic) bond motifs is 1. The zero-order chi connectivity index (χ0) is 11.7. The lowest BCUT2D eigenvalue weighted by Gasteiger charge is -2.27. The van der Waals surface area contributed by atoms with Crippen molar-refractivity contribution in [3.8, 4) is 0 Å². The Bertz CT molecular complexity index is 536. The van der Waals surface area contributed by atoms with Crippen molar-refractivity contribution in [2.75, 3.05) is 5.32 Å². The summed E-state index contributed by atoms with van der Waals surface area (Å²) in [6.45, 7) is 0. The highest BCUT2D eigenvalue weighted by Crippen LogP contribution is 2.33. The number of anilines is 1. The lowest BCUT2D eigenvalue weighted by Crippen LogP contribution is -2.18. The first-order valence-corrected chi connectivity index (χ1v) is 5.93. The fourth-order valence-electron chi connectivity index (χ4n) is 2.43. The molecular formula is C15H14FN. The van der Waals surface area contributed by atoms with Gasteiger partial charge in [-0.05, 0) is 30.5 Å². The molecule has 2 aromatic carbocycles. The maximum absolute atomic E-state index is 13.7. The van der Waals surface area contributed by atoms with Crippen LogP contribution in [-0.4, -0.2) is 0 Å². The van der Waals surface area contributed by atoms with Gasteiger partial charge in [0.1, 0.15) is 5.82 Å². The normalized spacial score (nSPS) is 18.3. The van der Waals surface area contributed by atoms with Gasteiger partial charge in [-0.15, -0.1) is 0 Å². The van der Waals surface area contributed by atoms with Gasteiger partial charge in [0.05, 0.1) is 6.04 Å². The lowest BCUT2D eigenvalue weighted by molar-refractivity contribution is 0.572. The van der Waals surface area contributed by atoms with E-state index < -0.39 is 0 Å². The molecule has 0 spiro atoms. The molecular weight excluding hydrogens is 213 g/mol. The molecule has 0 saturated heterocycles. The first-order chi connectivity index (χ1) is 8.34. The molecule has 1 aliphatic heterocycles. The molecule has 0 aromatic heterocycles. The third kappa shape index (κ3) is 1.91. The minimum atomic E-state index is -0.121. The van der Waals surface area contributed by atoms with E-state index in [2.05, 4.69) is 17.4 Å². The highest BCUT2D eigenvalue weighted by molar-refractivity contribution is 5.54. The molecule has 0 fully saturated rings. The van der Waals surface area contributed by atoms with Crippen molar-refractivity contribution in [2.24, 2.45) is 0 Å². The summed E-state index contributed by atoms with van der Waals surface area (Å²) in [7, 11) is 0. The third-order valence-electron chi connectivity index (χ3n) is 3.33. The van der Waals surface area contributed by atoms with Crippen LogP contribution in [0.5, 0.6) is 0 Å². The second-order valence-corrected chi connectivity index (χ2v) is 4.41. The molecule has 1 N–H and O–H groups in total. The van der Waals surface area contributed by atoms with Crippen molar-refractivity contribution in [3.63, 3.8) is 0 Å². The maximum Gasteiger partial charge on any atom is 0.128 e. The van der Waals surface area contributed by atoms with Gasteiger partial charge in [-0.3, -0.25) is 0 Å². The van der Waals surface area contributed by atoms with Gasteiger partial charge in [-0.2, -0.15) is 0 Å². The number of aryl methyl sites for hydroxylation is 1. The van der Waals surface area contributed by atoms with Gasteiger partial charge >= 0.3 is 0 Å². The van der Waals surface area contributed by atoms with Crippen LogP contribution in [0, 0.1) is 5.82 Å². The van der Waals surface area contributed by atoms with E-state index in [1.54, 1.807) is 6.07 Å². The number of rotatable bonds is 1. The number of benzene rings is 2. The Kier molecular flexibility index (Phi) is 2.56. The molecule has 2 heteroatoms. The average molecular weight is 227 g/mol. The highest BCUT2D eigenvalue weighted by atomic mass is 19.1. The van der Waals surface area contributed by atoms with Gasteiger partial charge in [0.25, 0.3) is 0 Å². The van der Waals surface area contributed by atoms with Crippen LogP contribution in [0.25, 0.3) is 0 Å². The minimum absolute atomic E-state index is 0.0890. The number of halogens is 1. The number of para-hydroxylation sites is 1. The highest BCUT2D eigenvalue weighted by Gasteiger charge is 2.20. The van der Waals surface area contributed by atoms with Crippen molar-refractivity contribution in [1.29, 1.82) is 0 Å². The second kappa shape index (κ2) is 4.21.